The molecule has 0 fully saturated rings. The third kappa shape index (κ3) is 16.6. The van der Waals surface area contributed by atoms with Gasteiger partial charge in [-0.1, -0.05) is 318 Å². The fourth-order valence-corrected chi connectivity index (χ4v) is 19.8. The molecule has 12 rings (SSSR count). The second-order valence-electron chi connectivity index (χ2n) is 32.8. The van der Waals surface area contributed by atoms with Crippen LogP contribution in [0.2, 0.25) is 50.6 Å². The Hall–Kier alpha value is -13.5. The van der Waals surface area contributed by atoms with Crippen molar-refractivity contribution in [2.75, 3.05) is 9.80 Å². The summed E-state index contributed by atoms with van der Waals surface area (Å²) >= 11 is 0. The fraction of sp³-hybridized carbons (Fsp3) is 0.327. The molecular weight excluding hydrogens is 1470 g/mol. The first-order valence-corrected chi connectivity index (χ1v) is 43.8. The molecule has 18 nitrogen and oxygen atoms in total. The number of hydrogen-bond acceptors (Lipinski definition) is 10. The second kappa shape index (κ2) is 39.6. The van der Waals surface area contributed by atoms with Gasteiger partial charge in [-0.05, 0) is 83.9 Å². The minimum Gasteiger partial charge on any atom is -0.342 e. The summed E-state index contributed by atoms with van der Waals surface area (Å²) in [5, 5.41) is 89.5. The Morgan fingerprint density at radius 1 is 0.258 bits per heavy atom. The number of anilines is 6. The fourth-order valence-electron chi connectivity index (χ4n) is 19.8. The van der Waals surface area contributed by atoms with Crippen molar-refractivity contribution in [3.05, 3.63) is 275 Å². The van der Waals surface area contributed by atoms with Crippen LogP contribution in [0.4, 0.5) is 34.1 Å². The van der Waals surface area contributed by atoms with Gasteiger partial charge in [0, 0.05) is 81.2 Å². The van der Waals surface area contributed by atoms with Crippen molar-refractivity contribution in [3.63, 3.8) is 0 Å². The molecule has 0 atom stereocenters. The molecular formula is C98H108B4N18. The molecule has 0 unspecified atom stereocenters. The van der Waals surface area contributed by atoms with Gasteiger partial charge in [-0.3, -0.25) is 0 Å². The predicted octanol–water partition coefficient (Wildman–Crippen LogP) is 21.4. The van der Waals surface area contributed by atoms with E-state index in [-0.39, 0.29) is 44.6 Å². The van der Waals surface area contributed by atoms with E-state index >= 15 is 0 Å². The molecule has 10 aromatic rings. The molecule has 6 heterocycles. The van der Waals surface area contributed by atoms with Gasteiger partial charge in [0.2, 0.25) is 0 Å². The summed E-state index contributed by atoms with van der Waals surface area (Å²) < 4.78 is 20.2. The molecule has 0 saturated heterocycles. The van der Waals surface area contributed by atoms with Crippen molar-refractivity contribution >= 4 is 82.1 Å². The number of allylic oxidation sites excluding steroid dienone is 8. The summed E-state index contributed by atoms with van der Waals surface area (Å²) in [5.74, 6) is 7.73. The lowest BCUT2D eigenvalue weighted by Crippen LogP contribution is -2.91. The van der Waals surface area contributed by atoms with Gasteiger partial charge in [0.15, 0.2) is 12.4 Å². The smallest absolute Gasteiger partial charge is 0.342 e. The molecule has 0 amide bonds. The highest BCUT2D eigenvalue weighted by Gasteiger charge is 2.59. The summed E-state index contributed by atoms with van der Waals surface area (Å²) in [4.78, 5) is 4.28. The van der Waals surface area contributed by atoms with Gasteiger partial charge < -0.3 is 46.5 Å². The van der Waals surface area contributed by atoms with Gasteiger partial charge >= 0.3 is 25.7 Å². The highest BCUT2D eigenvalue weighted by Crippen LogP contribution is 2.45. The van der Waals surface area contributed by atoms with E-state index in [1.807, 2.05) is 170 Å². The second-order valence-corrected chi connectivity index (χ2v) is 32.8. The van der Waals surface area contributed by atoms with Gasteiger partial charge in [-0.15, -0.1) is 0 Å². The summed E-state index contributed by atoms with van der Waals surface area (Å²) in [7, 11) is 0. The van der Waals surface area contributed by atoms with Crippen molar-refractivity contribution in [2.24, 2.45) is 0 Å². The minimum atomic E-state index is -1.80. The quantitative estimate of drug-likeness (QED) is 0.0156. The predicted molar refractivity (Wildman–Crippen MR) is 483 cm³/mol. The maximum absolute atomic E-state index is 11.3. The third-order valence-electron chi connectivity index (χ3n) is 25.5. The molecule has 0 aliphatic carbocycles. The van der Waals surface area contributed by atoms with E-state index in [0.29, 0.717) is 22.3 Å². The molecule has 0 spiro atoms. The van der Waals surface area contributed by atoms with E-state index in [4.69, 9.17) is 0 Å². The molecule has 0 radical (unpaired) electrons. The number of fused-ring (bicyclic) bond motifs is 4. The van der Waals surface area contributed by atoms with Crippen LogP contribution in [0.5, 0.6) is 0 Å². The summed E-state index contributed by atoms with van der Waals surface area (Å²) in [6.07, 6.45) is 31.6. The average Bonchev–Trinajstić information content (AvgIpc) is 1.51. The molecule has 22 heteroatoms. The first kappa shape index (κ1) is 85.8. The van der Waals surface area contributed by atoms with Gasteiger partial charge in [0.05, 0.1) is 11.1 Å². The van der Waals surface area contributed by atoms with E-state index < -0.39 is 25.7 Å². The Kier molecular flexibility index (Phi) is 28.3. The summed E-state index contributed by atoms with van der Waals surface area (Å²) in [6, 6.07) is 73.6. The number of aromatic nitrogens is 8. The Morgan fingerprint density at radius 2 is 0.458 bits per heavy atom. The van der Waals surface area contributed by atoms with Gasteiger partial charge in [0.25, 0.3) is 0 Å². The minimum absolute atomic E-state index is 0.203. The molecule has 2 aliphatic rings. The van der Waals surface area contributed by atoms with Crippen molar-refractivity contribution < 1.29 is 18.4 Å². The van der Waals surface area contributed by atoms with Crippen LogP contribution in [0.3, 0.4) is 0 Å². The number of rotatable bonds is 36. The molecule has 6 aromatic carbocycles. The van der Waals surface area contributed by atoms with Gasteiger partial charge in [-0.25, -0.2) is 0 Å². The van der Waals surface area contributed by atoms with Crippen LogP contribution >= 0.6 is 0 Å². The molecule has 0 bridgehead atoms. The lowest BCUT2D eigenvalue weighted by atomic mass is 9.35. The van der Waals surface area contributed by atoms with Crippen LogP contribution in [-0.4, -0.2) is 44.0 Å². The van der Waals surface area contributed by atoms with Crippen LogP contribution < -0.4 is 28.2 Å². The molecule has 120 heavy (non-hydrogen) atoms. The molecule has 4 aromatic heterocycles. The van der Waals surface area contributed by atoms with Crippen LogP contribution in [0.15, 0.2) is 242 Å². The number of hydrogen-bond donors (Lipinski definition) is 0. The zero-order valence-electron chi connectivity index (χ0n) is 71.1. The number of nitriles is 8. The first-order chi connectivity index (χ1) is 58.8. The monoisotopic (exact) mass is 1580 g/mol. The van der Waals surface area contributed by atoms with Crippen molar-refractivity contribution in [1.29, 1.82) is 42.1 Å². The summed E-state index contributed by atoms with van der Waals surface area (Å²) in [6.45, 7) is 17.9. The number of unbranched alkanes of at least 4 members (excludes halogenated alkanes) is 8. The maximum atomic E-state index is 11.3. The van der Waals surface area contributed by atoms with Crippen LogP contribution in [-0.2, 0) is 0 Å². The molecule has 0 saturated carbocycles. The van der Waals surface area contributed by atoms with E-state index in [2.05, 4.69) is 212 Å². The lowest BCUT2D eigenvalue weighted by Gasteiger charge is -2.48. The van der Waals surface area contributed by atoms with Gasteiger partial charge in [0.1, 0.15) is 94.4 Å². The highest BCUT2D eigenvalue weighted by atomic mass is 15.5. The normalized spacial score (nSPS) is 13.1. The van der Waals surface area contributed by atoms with E-state index in [1.165, 1.54) is 0 Å². The van der Waals surface area contributed by atoms with Crippen LogP contribution in [0.25, 0.3) is 22.3 Å². The van der Waals surface area contributed by atoms with Crippen molar-refractivity contribution in [1.82, 2.24) is 18.4 Å². The largest absolute Gasteiger partial charge is 0.439 e. The average molecular weight is 1580 g/mol. The van der Waals surface area contributed by atoms with E-state index in [0.717, 1.165) is 199 Å². The van der Waals surface area contributed by atoms with Crippen molar-refractivity contribution in [2.45, 2.75) is 209 Å². The Morgan fingerprint density at radius 3 is 0.675 bits per heavy atom. The Labute approximate surface area is 710 Å². The molecule has 602 valence electrons. The zero-order valence-corrected chi connectivity index (χ0v) is 71.1. The highest BCUT2D eigenvalue weighted by molar-refractivity contribution is 6.75. The number of para-hydroxylation sites is 4. The number of benzene rings is 6. The van der Waals surface area contributed by atoms with Gasteiger partial charge in [-0.2, -0.15) is 42.1 Å². The van der Waals surface area contributed by atoms with E-state index in [9.17, 15) is 42.1 Å². The molecule has 2 aliphatic heterocycles. The van der Waals surface area contributed by atoms with Crippen LogP contribution in [0, 0.1) is 102 Å². The van der Waals surface area contributed by atoms with Crippen molar-refractivity contribution in [3.8, 4) is 60.4 Å². The number of nitrogens with zero attached hydrogens (tertiary/aromatic N) is 18. The first-order valence-electron chi connectivity index (χ1n) is 43.8. The molecule has 0 N–H and O–H groups in total. The SMILES string of the molecule is CCCC[B-]1(CCCC)n2cc(C(=C(C#N)C#N)C(=C(C#N)C#N)c3ccc(N(c4ccccc4)c4ccccc4)cc3)c[n+]2[B-](CCCC)(CCCC)n2cc(C#Cc3cn4[n+](c3)[B-](CCCC)(CCCC)n3cc(C(=C(C#N)C#N)C(=C(C#N)C#N)c5ccc(N(c6ccccc6)c6ccccc6)cc5)c[n+]3[B-]4(CCCC)CCCC)c[n+]21. The Balaban J connectivity index is 1.04. The Bertz CT molecular complexity index is 5220. The standard InChI is InChI=1S/C98H108B4N18/c1-9-17-55-99(56-18-10-2)111-71-79(72-112(111)100(57-19-11-3,58-20-12-4)116-76-87(75-115(99)116)97(85(67-107)68-108)95(83(63-103)64-104)81-47-51-93(52-48-81)119(89-37-29-25-30-38-89)90-39-31-26-32-40-90)45-46-80-73-113-101(59-21-13-5,60-22-14-6)117-77-88(78-118(117)102(61-23-15-7,62-24-16-8)114(113)74-80)98(86(69-109)70-110)96(84(65-105)66-106)82-49-53-94(54-50-82)120(91-41-33-27-34-42-91)92-43-35-28-36-44-92/h25-44,47-54,71-78H,9-24,55-62H2,1-8H3. The van der Waals surface area contributed by atoms with Crippen LogP contribution in [0.1, 0.15) is 192 Å². The topological polar surface area (TPSA) is 232 Å². The summed E-state index contributed by atoms with van der Waals surface area (Å²) in [5.41, 5.74) is 9.42. The maximum Gasteiger partial charge on any atom is 0.439 e. The third-order valence-corrected chi connectivity index (χ3v) is 25.5. The zero-order chi connectivity index (χ0) is 84.8. The lowest BCUT2D eigenvalue weighted by molar-refractivity contribution is -0.716. The van der Waals surface area contributed by atoms with E-state index in [1.54, 1.807) is 0 Å².